The van der Waals surface area contributed by atoms with E-state index in [0.29, 0.717) is 18.7 Å². The molecule has 1 saturated heterocycles. The fourth-order valence-corrected chi connectivity index (χ4v) is 5.49. The van der Waals surface area contributed by atoms with Crippen molar-refractivity contribution >= 4 is 32.7 Å². The second kappa shape index (κ2) is 8.16. The molecule has 2 heterocycles. The molecule has 0 amide bonds. The first-order chi connectivity index (χ1) is 13.2. The first-order valence-corrected chi connectivity index (χ1v) is 11.4. The molecular weight excluding hydrogens is 402 g/mol. The summed E-state index contributed by atoms with van der Waals surface area (Å²) in [5.41, 5.74) is -0.680. The minimum absolute atomic E-state index is 0.0444. The number of anilines is 1. The number of nitrogens with zero attached hydrogens (tertiary/aromatic N) is 2. The third-order valence-electron chi connectivity index (χ3n) is 4.88. The van der Waals surface area contributed by atoms with Gasteiger partial charge in [0.05, 0.1) is 9.82 Å². The molecule has 0 saturated carbocycles. The maximum atomic E-state index is 12.8. The molecule has 28 heavy (non-hydrogen) atoms. The Bertz CT molecular complexity index is 936. The number of sulfonamides is 1. The number of hydrogen-bond donors (Lipinski definition) is 2. The fourth-order valence-electron chi connectivity index (χ4n) is 3.17. The smallest absolute Gasteiger partial charge is 0.293 e. The van der Waals surface area contributed by atoms with Crippen LogP contribution in [-0.4, -0.2) is 42.4 Å². The van der Waals surface area contributed by atoms with Gasteiger partial charge in [0.25, 0.3) is 5.69 Å². The van der Waals surface area contributed by atoms with Crippen molar-refractivity contribution in [2.75, 3.05) is 25.0 Å². The quantitative estimate of drug-likeness (QED) is 0.520. The molecule has 152 valence electrons. The van der Waals surface area contributed by atoms with Gasteiger partial charge in [0, 0.05) is 25.7 Å². The van der Waals surface area contributed by atoms with Crippen LogP contribution in [0.5, 0.6) is 0 Å². The van der Waals surface area contributed by atoms with Crippen LogP contribution in [-0.2, 0) is 15.6 Å². The summed E-state index contributed by atoms with van der Waals surface area (Å²) in [5.74, 6) is 0. The van der Waals surface area contributed by atoms with Crippen molar-refractivity contribution in [1.82, 2.24) is 4.31 Å². The second-order valence-electron chi connectivity index (χ2n) is 7.04. The fraction of sp³-hybridized carbons (Fsp3) is 0.444. The summed E-state index contributed by atoms with van der Waals surface area (Å²) in [6.07, 6.45) is 2.57. The van der Waals surface area contributed by atoms with Crippen molar-refractivity contribution in [3.8, 4) is 0 Å². The van der Waals surface area contributed by atoms with Crippen LogP contribution >= 0.6 is 11.3 Å². The number of rotatable bonds is 7. The number of aliphatic hydroxyl groups is 1. The first-order valence-electron chi connectivity index (χ1n) is 8.99. The highest BCUT2D eigenvalue weighted by molar-refractivity contribution is 7.89. The number of benzene rings is 1. The van der Waals surface area contributed by atoms with Gasteiger partial charge < -0.3 is 10.4 Å². The van der Waals surface area contributed by atoms with E-state index in [1.165, 1.54) is 27.8 Å². The molecule has 1 aromatic carbocycles. The van der Waals surface area contributed by atoms with E-state index in [1.807, 2.05) is 10.8 Å². The summed E-state index contributed by atoms with van der Waals surface area (Å²) < 4.78 is 27.0. The molecule has 8 nitrogen and oxygen atoms in total. The zero-order valence-electron chi connectivity index (χ0n) is 15.5. The lowest BCUT2D eigenvalue weighted by molar-refractivity contribution is -0.384. The summed E-state index contributed by atoms with van der Waals surface area (Å²) >= 11 is 1.45. The van der Waals surface area contributed by atoms with Gasteiger partial charge in [0.1, 0.15) is 11.3 Å². The summed E-state index contributed by atoms with van der Waals surface area (Å²) in [4.78, 5) is 10.8. The van der Waals surface area contributed by atoms with Crippen molar-refractivity contribution in [3.05, 3.63) is 50.7 Å². The molecule has 1 fully saturated rings. The van der Waals surface area contributed by atoms with Gasteiger partial charge >= 0.3 is 0 Å². The Kier molecular flexibility index (Phi) is 6.04. The van der Waals surface area contributed by atoms with Gasteiger partial charge in [-0.05, 0) is 54.3 Å². The number of nitro groups is 1. The Morgan fingerprint density at radius 3 is 2.61 bits per heavy atom. The largest absolute Gasteiger partial charge is 0.384 e. The number of nitrogens with one attached hydrogen (secondary N) is 1. The van der Waals surface area contributed by atoms with Gasteiger partial charge in [-0.1, -0.05) is 6.42 Å². The Labute approximate surface area is 168 Å². The molecule has 2 N–H and O–H groups in total. The summed E-state index contributed by atoms with van der Waals surface area (Å²) in [5, 5.41) is 28.7. The minimum Gasteiger partial charge on any atom is -0.384 e. The van der Waals surface area contributed by atoms with Gasteiger partial charge in [-0.15, -0.1) is 0 Å². The third kappa shape index (κ3) is 4.35. The van der Waals surface area contributed by atoms with Crippen molar-refractivity contribution in [1.29, 1.82) is 0 Å². The number of piperidine rings is 1. The van der Waals surface area contributed by atoms with Crippen LogP contribution in [0.2, 0.25) is 0 Å². The van der Waals surface area contributed by atoms with Gasteiger partial charge in [-0.2, -0.15) is 15.6 Å². The number of thiophene rings is 1. The third-order valence-corrected chi connectivity index (χ3v) is 7.46. The molecule has 1 unspecified atom stereocenters. The standard InChI is InChI=1S/C18H23N3O5S2/c1-18(22,14-7-10-27-12-14)13-19-16-6-5-15(11-17(16)21(23)24)28(25,26)20-8-3-2-4-9-20/h5-7,10-12,19,22H,2-4,8-9,13H2,1H3. The lowest BCUT2D eigenvalue weighted by atomic mass is 9.99. The van der Waals surface area contributed by atoms with E-state index in [9.17, 15) is 23.6 Å². The van der Waals surface area contributed by atoms with E-state index in [2.05, 4.69) is 5.32 Å². The van der Waals surface area contributed by atoms with E-state index in [1.54, 1.807) is 13.0 Å². The van der Waals surface area contributed by atoms with Gasteiger partial charge in [0.15, 0.2) is 0 Å². The normalized spacial score (nSPS) is 17.8. The molecule has 3 rings (SSSR count). The predicted octanol–water partition coefficient (Wildman–Crippen LogP) is 3.15. The van der Waals surface area contributed by atoms with Crippen molar-refractivity contribution in [3.63, 3.8) is 0 Å². The average molecular weight is 426 g/mol. The molecule has 0 aliphatic carbocycles. The number of hydrogen-bond acceptors (Lipinski definition) is 7. The molecule has 1 aromatic heterocycles. The van der Waals surface area contributed by atoms with Crippen LogP contribution in [0.4, 0.5) is 11.4 Å². The monoisotopic (exact) mass is 425 g/mol. The van der Waals surface area contributed by atoms with Gasteiger partial charge in [-0.3, -0.25) is 10.1 Å². The second-order valence-corrected chi connectivity index (χ2v) is 9.76. The number of nitro benzene ring substituents is 1. The van der Waals surface area contributed by atoms with Crippen LogP contribution in [0, 0.1) is 10.1 Å². The lowest BCUT2D eigenvalue weighted by Gasteiger charge is -2.26. The Morgan fingerprint density at radius 1 is 1.29 bits per heavy atom. The van der Waals surface area contributed by atoms with Crippen molar-refractivity contribution in [2.24, 2.45) is 0 Å². The first kappa shape index (κ1) is 20.7. The molecule has 10 heteroatoms. The Morgan fingerprint density at radius 2 is 2.00 bits per heavy atom. The molecule has 0 bridgehead atoms. The van der Waals surface area contributed by atoms with Crippen molar-refractivity contribution < 1.29 is 18.4 Å². The zero-order valence-corrected chi connectivity index (χ0v) is 17.1. The van der Waals surface area contributed by atoms with Crippen LogP contribution < -0.4 is 5.32 Å². The Balaban J connectivity index is 1.84. The highest BCUT2D eigenvalue weighted by Crippen LogP contribution is 2.31. The van der Waals surface area contributed by atoms with E-state index in [0.717, 1.165) is 25.3 Å². The van der Waals surface area contributed by atoms with E-state index in [-0.39, 0.29) is 22.8 Å². The summed E-state index contributed by atoms with van der Waals surface area (Å²) in [6.45, 7) is 2.52. The summed E-state index contributed by atoms with van der Waals surface area (Å²) in [6, 6.07) is 5.64. The van der Waals surface area contributed by atoms with Crippen LogP contribution in [0.25, 0.3) is 0 Å². The SMILES string of the molecule is CC(O)(CNc1ccc(S(=O)(=O)N2CCCCC2)cc1[N+](=O)[O-])c1ccsc1. The van der Waals surface area contributed by atoms with Gasteiger partial charge in [0.2, 0.25) is 10.0 Å². The molecule has 0 spiro atoms. The van der Waals surface area contributed by atoms with E-state index < -0.39 is 20.5 Å². The molecule has 1 atom stereocenters. The van der Waals surface area contributed by atoms with Crippen LogP contribution in [0.15, 0.2) is 39.9 Å². The average Bonchev–Trinajstić information content (AvgIpc) is 3.23. The molecular formula is C18H23N3O5S2. The van der Waals surface area contributed by atoms with E-state index >= 15 is 0 Å². The van der Waals surface area contributed by atoms with Crippen molar-refractivity contribution in [2.45, 2.75) is 36.7 Å². The summed E-state index contributed by atoms with van der Waals surface area (Å²) in [7, 11) is -3.76. The van der Waals surface area contributed by atoms with Crippen LogP contribution in [0.1, 0.15) is 31.7 Å². The molecule has 1 aliphatic rings. The maximum absolute atomic E-state index is 12.8. The zero-order chi connectivity index (χ0) is 20.4. The lowest BCUT2D eigenvalue weighted by Crippen LogP contribution is -2.35. The molecule has 0 radical (unpaired) electrons. The van der Waals surface area contributed by atoms with E-state index in [4.69, 9.17) is 0 Å². The van der Waals surface area contributed by atoms with Gasteiger partial charge in [-0.25, -0.2) is 8.42 Å². The van der Waals surface area contributed by atoms with Crippen LogP contribution in [0.3, 0.4) is 0 Å². The highest BCUT2D eigenvalue weighted by Gasteiger charge is 2.29. The topological polar surface area (TPSA) is 113 Å². The minimum atomic E-state index is -3.76. The highest BCUT2D eigenvalue weighted by atomic mass is 32.2. The Hall–Kier alpha value is -2.01. The maximum Gasteiger partial charge on any atom is 0.293 e. The molecule has 2 aromatic rings. The molecule has 1 aliphatic heterocycles. The predicted molar refractivity (Wildman–Crippen MR) is 108 cm³/mol.